The number of carboxylic acids is 1. The summed E-state index contributed by atoms with van der Waals surface area (Å²) in [5.74, 6) is -0.864. The van der Waals surface area contributed by atoms with Crippen LogP contribution in [0.4, 0.5) is 0 Å². The van der Waals surface area contributed by atoms with Gasteiger partial charge in [-0.3, -0.25) is 14.5 Å². The Bertz CT molecular complexity index is 718. The molecule has 7 nitrogen and oxygen atoms in total. The number of ether oxygens (including phenoxy) is 1. The predicted molar refractivity (Wildman–Crippen MR) is 87.3 cm³/mol. The lowest BCUT2D eigenvalue weighted by Crippen LogP contribution is -2.70. The average Bonchev–Trinajstić information content (AvgIpc) is 2.58. The number of nitrogens with one attached hydrogen (secondary N) is 1. The van der Waals surface area contributed by atoms with Gasteiger partial charge in [-0.05, 0) is 24.6 Å². The average molecular weight is 348 g/mol. The summed E-state index contributed by atoms with van der Waals surface area (Å²) in [5, 5.41) is 11.5. The SMILES string of the molecule is CC1=C(C(=O)O)N2C(=O)[C@H](NC(=O)COc3ccccc3)[C@H]2SC1. The molecular weight excluding hydrogens is 332 g/mol. The maximum atomic E-state index is 12.2. The van der Waals surface area contributed by atoms with Crippen molar-refractivity contribution in [2.75, 3.05) is 12.4 Å². The van der Waals surface area contributed by atoms with E-state index in [9.17, 15) is 19.5 Å². The molecule has 2 aliphatic heterocycles. The summed E-state index contributed by atoms with van der Waals surface area (Å²) in [6.07, 6.45) is 0. The Morgan fingerprint density at radius 2 is 2.08 bits per heavy atom. The standard InChI is InChI=1S/C16H16N2O5S/c1-9-8-24-15-12(14(20)18(15)13(9)16(21)22)17-11(19)7-23-10-5-3-2-4-6-10/h2-6,12,15H,7-8H2,1H3,(H,17,19)(H,21,22)/t12-,15+/m0/s1. The quantitative estimate of drug-likeness (QED) is 0.765. The number of carbonyl (C=O) groups excluding carboxylic acids is 2. The molecule has 0 unspecified atom stereocenters. The van der Waals surface area contributed by atoms with Gasteiger partial charge in [0.2, 0.25) is 0 Å². The highest BCUT2D eigenvalue weighted by Gasteiger charge is 2.53. The van der Waals surface area contributed by atoms with Crippen LogP contribution in [0.1, 0.15) is 6.92 Å². The lowest BCUT2D eigenvalue weighted by Gasteiger charge is -2.49. The zero-order valence-electron chi connectivity index (χ0n) is 12.9. The molecule has 8 heteroatoms. The third kappa shape index (κ3) is 2.96. The molecule has 1 fully saturated rings. The van der Waals surface area contributed by atoms with Crippen LogP contribution in [0.5, 0.6) is 5.75 Å². The Morgan fingerprint density at radius 1 is 1.38 bits per heavy atom. The largest absolute Gasteiger partial charge is 0.484 e. The summed E-state index contributed by atoms with van der Waals surface area (Å²) < 4.78 is 5.34. The molecule has 2 aliphatic rings. The fourth-order valence-corrected chi connectivity index (χ4v) is 3.95. The van der Waals surface area contributed by atoms with Gasteiger partial charge in [0.25, 0.3) is 11.8 Å². The smallest absolute Gasteiger partial charge is 0.352 e. The van der Waals surface area contributed by atoms with Crippen LogP contribution in [0.3, 0.4) is 0 Å². The number of aliphatic carboxylic acids is 1. The first-order valence-electron chi connectivity index (χ1n) is 7.34. The fraction of sp³-hybridized carbons (Fsp3) is 0.312. The molecule has 0 saturated carbocycles. The summed E-state index contributed by atoms with van der Waals surface area (Å²) in [6, 6.07) is 8.16. The van der Waals surface area contributed by atoms with E-state index in [0.717, 1.165) is 0 Å². The number of hydrogen-bond donors (Lipinski definition) is 2. The second-order valence-corrected chi connectivity index (χ2v) is 6.60. The maximum Gasteiger partial charge on any atom is 0.352 e. The molecule has 3 rings (SSSR count). The maximum absolute atomic E-state index is 12.2. The number of nitrogens with zero attached hydrogens (tertiary/aromatic N) is 1. The van der Waals surface area contributed by atoms with Gasteiger partial charge in [-0.25, -0.2) is 4.79 Å². The molecule has 0 aromatic heterocycles. The van der Waals surface area contributed by atoms with E-state index in [1.54, 1.807) is 31.2 Å². The molecule has 1 aromatic rings. The number of rotatable bonds is 5. The first kappa shape index (κ1) is 16.4. The molecule has 1 aromatic carbocycles. The molecule has 1 saturated heterocycles. The number of fused-ring (bicyclic) bond motifs is 1. The third-order valence-corrected chi connectivity index (χ3v) is 5.22. The summed E-state index contributed by atoms with van der Waals surface area (Å²) in [4.78, 5) is 36.8. The van der Waals surface area contributed by atoms with Crippen molar-refractivity contribution in [1.82, 2.24) is 10.2 Å². The molecule has 126 valence electrons. The molecular formula is C16H16N2O5S. The monoisotopic (exact) mass is 348 g/mol. The van der Waals surface area contributed by atoms with Crippen LogP contribution in [0.15, 0.2) is 41.6 Å². The van der Waals surface area contributed by atoms with Crippen molar-refractivity contribution in [3.63, 3.8) is 0 Å². The van der Waals surface area contributed by atoms with Crippen molar-refractivity contribution in [2.45, 2.75) is 18.3 Å². The van der Waals surface area contributed by atoms with E-state index in [4.69, 9.17) is 4.74 Å². The van der Waals surface area contributed by atoms with Gasteiger partial charge in [0, 0.05) is 5.75 Å². The molecule has 0 bridgehead atoms. The molecule has 0 aliphatic carbocycles. The van der Waals surface area contributed by atoms with E-state index in [0.29, 0.717) is 17.1 Å². The Hall–Kier alpha value is -2.48. The Balaban J connectivity index is 1.59. The second kappa shape index (κ2) is 6.56. The van der Waals surface area contributed by atoms with E-state index in [1.807, 2.05) is 6.07 Å². The van der Waals surface area contributed by atoms with Crippen molar-refractivity contribution in [3.05, 3.63) is 41.6 Å². The van der Waals surface area contributed by atoms with Gasteiger partial charge < -0.3 is 15.2 Å². The van der Waals surface area contributed by atoms with Crippen molar-refractivity contribution in [3.8, 4) is 5.75 Å². The molecule has 0 radical (unpaired) electrons. The van der Waals surface area contributed by atoms with Crippen molar-refractivity contribution < 1.29 is 24.2 Å². The second-order valence-electron chi connectivity index (χ2n) is 5.49. The van der Waals surface area contributed by atoms with Crippen LogP contribution in [0.25, 0.3) is 0 Å². The first-order chi connectivity index (χ1) is 11.5. The highest BCUT2D eigenvalue weighted by Crippen LogP contribution is 2.40. The fourth-order valence-electron chi connectivity index (χ4n) is 2.66. The van der Waals surface area contributed by atoms with Gasteiger partial charge in [0.1, 0.15) is 22.9 Å². The molecule has 2 N–H and O–H groups in total. The van der Waals surface area contributed by atoms with Gasteiger partial charge in [-0.2, -0.15) is 0 Å². The van der Waals surface area contributed by atoms with Gasteiger partial charge in [0.15, 0.2) is 6.61 Å². The van der Waals surface area contributed by atoms with Gasteiger partial charge >= 0.3 is 5.97 Å². The first-order valence-corrected chi connectivity index (χ1v) is 8.39. The number of carbonyl (C=O) groups is 3. The van der Waals surface area contributed by atoms with Crippen LogP contribution in [-0.4, -0.2) is 51.6 Å². The minimum atomic E-state index is -1.12. The number of β-lactam (4-membered cyclic amide) rings is 1. The number of para-hydroxylation sites is 1. The van der Waals surface area contributed by atoms with Crippen LogP contribution < -0.4 is 10.1 Å². The topological polar surface area (TPSA) is 95.9 Å². The number of hydrogen-bond acceptors (Lipinski definition) is 5. The van der Waals surface area contributed by atoms with Crippen LogP contribution >= 0.6 is 11.8 Å². The van der Waals surface area contributed by atoms with Crippen LogP contribution in [0, 0.1) is 0 Å². The normalized spacial score (nSPS) is 22.5. The zero-order valence-corrected chi connectivity index (χ0v) is 13.7. The molecule has 2 atom stereocenters. The summed E-state index contributed by atoms with van der Waals surface area (Å²) in [6.45, 7) is 1.49. The number of benzene rings is 1. The Kier molecular flexibility index (Phi) is 4.48. The lowest BCUT2D eigenvalue weighted by molar-refractivity contribution is -0.150. The van der Waals surface area contributed by atoms with Gasteiger partial charge in [-0.15, -0.1) is 11.8 Å². The molecule has 2 heterocycles. The molecule has 24 heavy (non-hydrogen) atoms. The van der Waals surface area contributed by atoms with E-state index in [-0.39, 0.29) is 17.7 Å². The molecule has 0 spiro atoms. The van der Waals surface area contributed by atoms with Gasteiger partial charge in [-0.1, -0.05) is 18.2 Å². The highest BCUT2D eigenvalue weighted by atomic mass is 32.2. The zero-order chi connectivity index (χ0) is 17.3. The minimum absolute atomic E-state index is 0.0229. The van der Waals surface area contributed by atoms with Crippen LogP contribution in [-0.2, 0) is 14.4 Å². The Morgan fingerprint density at radius 3 is 2.75 bits per heavy atom. The summed E-state index contributed by atoms with van der Waals surface area (Å²) in [7, 11) is 0. The minimum Gasteiger partial charge on any atom is -0.484 e. The highest BCUT2D eigenvalue weighted by molar-refractivity contribution is 8.00. The van der Waals surface area contributed by atoms with Crippen molar-refractivity contribution in [1.29, 1.82) is 0 Å². The number of carboxylic acid groups (broad SMARTS) is 1. The van der Waals surface area contributed by atoms with Crippen molar-refractivity contribution >= 4 is 29.5 Å². The molecule has 2 amide bonds. The van der Waals surface area contributed by atoms with E-state index < -0.39 is 23.8 Å². The number of thioether (sulfide) groups is 1. The van der Waals surface area contributed by atoms with Crippen molar-refractivity contribution in [2.24, 2.45) is 0 Å². The summed E-state index contributed by atoms with van der Waals surface area (Å²) in [5.41, 5.74) is 0.670. The Labute approximate surface area is 142 Å². The third-order valence-electron chi connectivity index (χ3n) is 3.79. The lowest BCUT2D eigenvalue weighted by atomic mass is 10.0. The van der Waals surface area contributed by atoms with Gasteiger partial charge in [0.05, 0.1) is 0 Å². The predicted octanol–water partition coefficient (Wildman–Crippen LogP) is 0.824. The summed E-state index contributed by atoms with van der Waals surface area (Å²) >= 11 is 1.44. The number of amides is 2. The van der Waals surface area contributed by atoms with E-state index >= 15 is 0 Å². The van der Waals surface area contributed by atoms with Crippen LogP contribution in [0.2, 0.25) is 0 Å². The van der Waals surface area contributed by atoms with E-state index in [1.165, 1.54) is 16.7 Å². The van der Waals surface area contributed by atoms with E-state index in [2.05, 4.69) is 5.32 Å².